The first-order valence-electron chi connectivity index (χ1n) is 7.74. The van der Waals surface area contributed by atoms with Gasteiger partial charge in [0, 0.05) is 4.90 Å². The number of rotatable bonds is 7. The van der Waals surface area contributed by atoms with E-state index in [4.69, 9.17) is 0 Å². The normalized spacial score (nSPS) is 12.4. The monoisotopic (exact) mass is 328 g/mol. The number of benzene rings is 2. The molecular formula is C19H24OSSi. The van der Waals surface area contributed by atoms with Gasteiger partial charge in [-0.05, 0) is 60.7 Å². The minimum absolute atomic E-state index is 0.953. The average molecular weight is 329 g/mol. The fourth-order valence-corrected chi connectivity index (χ4v) is 4.30. The van der Waals surface area contributed by atoms with Gasteiger partial charge in [-0.3, -0.25) is 0 Å². The van der Waals surface area contributed by atoms with E-state index >= 15 is 0 Å². The molecule has 0 amide bonds. The van der Waals surface area contributed by atoms with Gasteiger partial charge in [0.15, 0.2) is 8.32 Å². The second-order valence-electron chi connectivity index (χ2n) is 6.10. The quantitative estimate of drug-likeness (QED) is 0.512. The highest BCUT2D eigenvalue weighted by Gasteiger charge is 2.16. The van der Waals surface area contributed by atoms with Gasteiger partial charge < -0.3 is 4.80 Å². The SMILES string of the molecule is C[Si](C)(O)CCC/C(=C\c1ccccc1)Sc1ccccc1. The second kappa shape index (κ2) is 8.37. The molecule has 0 aliphatic heterocycles. The Morgan fingerprint density at radius 2 is 1.59 bits per heavy atom. The fraction of sp³-hybridized carbons (Fsp3) is 0.263. The molecule has 0 bridgehead atoms. The van der Waals surface area contributed by atoms with Gasteiger partial charge in [-0.15, -0.1) is 0 Å². The largest absolute Gasteiger partial charge is 0.432 e. The third-order valence-electron chi connectivity index (χ3n) is 3.33. The van der Waals surface area contributed by atoms with Crippen LogP contribution in [-0.4, -0.2) is 13.1 Å². The van der Waals surface area contributed by atoms with E-state index in [2.05, 4.69) is 54.6 Å². The summed E-state index contributed by atoms with van der Waals surface area (Å²) in [7, 11) is -1.94. The molecule has 0 aliphatic rings. The van der Waals surface area contributed by atoms with Gasteiger partial charge >= 0.3 is 0 Å². The Bertz CT molecular complexity index is 588. The summed E-state index contributed by atoms with van der Waals surface area (Å²) in [6.45, 7) is 4.02. The van der Waals surface area contributed by atoms with Crippen molar-refractivity contribution in [3.05, 3.63) is 71.1 Å². The van der Waals surface area contributed by atoms with Crippen LogP contribution in [0.25, 0.3) is 6.08 Å². The summed E-state index contributed by atoms with van der Waals surface area (Å²) in [5, 5.41) is 0. The minimum Gasteiger partial charge on any atom is -0.432 e. The van der Waals surface area contributed by atoms with Gasteiger partial charge in [0.2, 0.25) is 0 Å². The Morgan fingerprint density at radius 1 is 1.00 bits per heavy atom. The zero-order valence-corrected chi connectivity index (χ0v) is 15.1. The van der Waals surface area contributed by atoms with E-state index in [9.17, 15) is 4.80 Å². The minimum atomic E-state index is -1.94. The highest BCUT2D eigenvalue weighted by Crippen LogP contribution is 2.32. The molecule has 0 fully saturated rings. The standard InChI is InChI=1S/C19H24OSSi/c1-22(2,20)15-9-14-19(16-17-10-5-3-6-11-17)21-18-12-7-4-8-13-18/h3-8,10-13,16,20H,9,14-15H2,1-2H3/b19-16+. The second-order valence-corrected chi connectivity index (χ2v) is 11.4. The van der Waals surface area contributed by atoms with Crippen LogP contribution < -0.4 is 0 Å². The first kappa shape index (κ1) is 17.1. The molecular weight excluding hydrogens is 304 g/mol. The van der Waals surface area contributed by atoms with Crippen LogP contribution in [0.2, 0.25) is 19.1 Å². The van der Waals surface area contributed by atoms with E-state index < -0.39 is 8.32 Å². The highest BCUT2D eigenvalue weighted by molar-refractivity contribution is 8.03. The highest BCUT2D eigenvalue weighted by atomic mass is 32.2. The number of hydrogen-bond donors (Lipinski definition) is 1. The molecule has 1 nitrogen and oxygen atoms in total. The Morgan fingerprint density at radius 3 is 2.18 bits per heavy atom. The smallest absolute Gasteiger partial charge is 0.182 e. The maximum Gasteiger partial charge on any atom is 0.182 e. The summed E-state index contributed by atoms with van der Waals surface area (Å²) in [4.78, 5) is 12.6. The average Bonchev–Trinajstić information content (AvgIpc) is 2.48. The van der Waals surface area contributed by atoms with Crippen LogP contribution in [0.5, 0.6) is 0 Å². The van der Waals surface area contributed by atoms with Crippen molar-refractivity contribution in [3.63, 3.8) is 0 Å². The lowest BCUT2D eigenvalue weighted by Gasteiger charge is -2.14. The summed E-state index contributed by atoms with van der Waals surface area (Å²) in [6.07, 6.45) is 4.34. The zero-order chi connectivity index (χ0) is 15.8. The van der Waals surface area contributed by atoms with Gasteiger partial charge in [-0.2, -0.15) is 0 Å². The van der Waals surface area contributed by atoms with Crippen molar-refractivity contribution in [2.24, 2.45) is 0 Å². The number of allylic oxidation sites excluding steroid dienone is 1. The zero-order valence-electron chi connectivity index (χ0n) is 13.3. The lowest BCUT2D eigenvalue weighted by Crippen LogP contribution is -2.23. The van der Waals surface area contributed by atoms with Crippen molar-refractivity contribution in [2.45, 2.75) is 36.9 Å². The Balaban J connectivity index is 2.08. The Hall–Kier alpha value is -1.29. The van der Waals surface area contributed by atoms with Crippen LogP contribution in [0.1, 0.15) is 18.4 Å². The van der Waals surface area contributed by atoms with Crippen LogP contribution in [0.3, 0.4) is 0 Å². The van der Waals surface area contributed by atoms with Gasteiger partial charge in [0.25, 0.3) is 0 Å². The van der Waals surface area contributed by atoms with Crippen molar-refractivity contribution < 1.29 is 4.80 Å². The molecule has 2 rings (SSSR count). The molecule has 2 aromatic carbocycles. The molecule has 0 unspecified atom stereocenters. The molecule has 22 heavy (non-hydrogen) atoms. The summed E-state index contributed by atoms with van der Waals surface area (Å²) < 4.78 is 0. The lowest BCUT2D eigenvalue weighted by atomic mass is 10.2. The van der Waals surface area contributed by atoms with E-state index in [1.54, 1.807) is 0 Å². The van der Waals surface area contributed by atoms with E-state index in [0.717, 1.165) is 18.9 Å². The predicted octanol–water partition coefficient (Wildman–Crippen LogP) is 5.80. The third-order valence-corrected chi connectivity index (χ3v) is 6.00. The van der Waals surface area contributed by atoms with E-state index in [-0.39, 0.29) is 0 Å². The Kier molecular flexibility index (Phi) is 6.49. The van der Waals surface area contributed by atoms with Crippen LogP contribution in [0.15, 0.2) is 70.5 Å². The molecule has 0 aromatic heterocycles. The molecule has 116 valence electrons. The lowest BCUT2D eigenvalue weighted by molar-refractivity contribution is 0.544. The first-order valence-corrected chi connectivity index (χ1v) is 11.7. The number of thioether (sulfide) groups is 1. The maximum atomic E-state index is 10.0. The summed E-state index contributed by atoms with van der Waals surface area (Å²) >= 11 is 1.83. The molecule has 0 radical (unpaired) electrons. The molecule has 0 spiro atoms. The molecule has 0 saturated carbocycles. The predicted molar refractivity (Wildman–Crippen MR) is 100 cm³/mol. The third kappa shape index (κ3) is 6.65. The van der Waals surface area contributed by atoms with Crippen molar-refractivity contribution in [2.75, 3.05) is 0 Å². The van der Waals surface area contributed by atoms with Crippen molar-refractivity contribution in [1.82, 2.24) is 0 Å². The van der Waals surface area contributed by atoms with Gasteiger partial charge in [0.1, 0.15) is 0 Å². The van der Waals surface area contributed by atoms with Gasteiger partial charge in [0.05, 0.1) is 0 Å². The molecule has 0 atom stereocenters. The van der Waals surface area contributed by atoms with E-state index in [0.29, 0.717) is 0 Å². The topological polar surface area (TPSA) is 20.2 Å². The Labute approximate surface area is 139 Å². The molecule has 1 N–H and O–H groups in total. The van der Waals surface area contributed by atoms with E-state index in [1.807, 2.05) is 37.0 Å². The van der Waals surface area contributed by atoms with Crippen LogP contribution in [-0.2, 0) is 0 Å². The molecule has 2 aromatic rings. The molecule has 0 saturated heterocycles. The van der Waals surface area contributed by atoms with Gasteiger partial charge in [-0.25, -0.2) is 0 Å². The van der Waals surface area contributed by atoms with Crippen LogP contribution >= 0.6 is 11.8 Å². The molecule has 0 aliphatic carbocycles. The molecule has 3 heteroatoms. The van der Waals surface area contributed by atoms with Crippen molar-refractivity contribution >= 4 is 26.2 Å². The number of hydrogen-bond acceptors (Lipinski definition) is 2. The maximum absolute atomic E-state index is 10.0. The van der Waals surface area contributed by atoms with Gasteiger partial charge in [-0.1, -0.05) is 60.3 Å². The first-order chi connectivity index (χ1) is 10.5. The fourth-order valence-electron chi connectivity index (χ4n) is 2.22. The van der Waals surface area contributed by atoms with Crippen LogP contribution in [0.4, 0.5) is 0 Å². The van der Waals surface area contributed by atoms with Crippen molar-refractivity contribution in [1.29, 1.82) is 0 Å². The van der Waals surface area contributed by atoms with Crippen molar-refractivity contribution in [3.8, 4) is 0 Å². The van der Waals surface area contributed by atoms with E-state index in [1.165, 1.54) is 15.4 Å². The summed E-state index contributed by atoms with van der Waals surface area (Å²) in [5.74, 6) is 0. The summed E-state index contributed by atoms with van der Waals surface area (Å²) in [6, 6.07) is 21.9. The summed E-state index contributed by atoms with van der Waals surface area (Å²) in [5.41, 5.74) is 1.24. The van der Waals surface area contributed by atoms with Crippen LogP contribution in [0, 0.1) is 0 Å². The molecule has 0 heterocycles.